The first-order valence-corrected chi connectivity index (χ1v) is 11.7. The van der Waals surface area contributed by atoms with E-state index in [2.05, 4.69) is 16.1 Å². The fourth-order valence-corrected chi connectivity index (χ4v) is 5.27. The molecule has 0 aliphatic heterocycles. The summed E-state index contributed by atoms with van der Waals surface area (Å²) in [7, 11) is -2.44. The van der Waals surface area contributed by atoms with E-state index < -0.39 is 28.5 Å². The minimum Gasteiger partial charge on any atom is -0.452 e. The smallest absolute Gasteiger partial charge is 0.338 e. The summed E-state index contributed by atoms with van der Waals surface area (Å²) in [6, 6.07) is 7.52. The van der Waals surface area contributed by atoms with Crippen molar-refractivity contribution in [2.45, 2.75) is 37.0 Å². The quantitative estimate of drug-likeness (QED) is 0.518. The summed E-state index contributed by atoms with van der Waals surface area (Å²) in [4.78, 5) is 25.5. The van der Waals surface area contributed by atoms with Crippen LogP contribution in [0.4, 0.5) is 5.00 Å². The first-order chi connectivity index (χ1) is 14.4. The van der Waals surface area contributed by atoms with Crippen LogP contribution >= 0.6 is 11.3 Å². The number of benzene rings is 1. The third kappa shape index (κ3) is 4.87. The molecule has 8 nitrogen and oxygen atoms in total. The van der Waals surface area contributed by atoms with E-state index in [1.54, 1.807) is 0 Å². The molecule has 0 saturated carbocycles. The largest absolute Gasteiger partial charge is 0.452 e. The second kappa shape index (κ2) is 9.38. The molecule has 1 aliphatic carbocycles. The van der Waals surface area contributed by atoms with Gasteiger partial charge in [0.1, 0.15) is 11.1 Å². The molecule has 158 valence electrons. The lowest BCUT2D eigenvalue weighted by Gasteiger charge is -2.07. The van der Waals surface area contributed by atoms with Crippen LogP contribution in [-0.4, -0.2) is 33.9 Å². The van der Waals surface area contributed by atoms with E-state index in [-0.39, 0.29) is 10.5 Å². The average molecular weight is 448 g/mol. The monoisotopic (exact) mass is 447 g/mol. The number of nitrogens with one attached hydrogen (secondary N) is 2. The maximum Gasteiger partial charge on any atom is 0.338 e. The van der Waals surface area contributed by atoms with E-state index >= 15 is 0 Å². The van der Waals surface area contributed by atoms with E-state index in [0.29, 0.717) is 10.6 Å². The first-order valence-electron chi connectivity index (χ1n) is 9.41. The van der Waals surface area contributed by atoms with E-state index in [1.165, 1.54) is 42.6 Å². The number of nitriles is 1. The highest BCUT2D eigenvalue weighted by molar-refractivity contribution is 7.89. The number of anilines is 1. The van der Waals surface area contributed by atoms with Gasteiger partial charge in [0.2, 0.25) is 10.0 Å². The molecule has 30 heavy (non-hydrogen) atoms. The lowest BCUT2D eigenvalue weighted by atomic mass is 10.1. The fourth-order valence-electron chi connectivity index (χ4n) is 3.23. The Labute approximate surface area is 178 Å². The van der Waals surface area contributed by atoms with E-state index in [1.807, 2.05) is 0 Å². The Morgan fingerprint density at radius 1 is 1.23 bits per heavy atom. The van der Waals surface area contributed by atoms with Gasteiger partial charge in [0.15, 0.2) is 6.61 Å². The van der Waals surface area contributed by atoms with Crippen LogP contribution in [0.25, 0.3) is 0 Å². The molecule has 1 heterocycles. The molecule has 2 aromatic rings. The van der Waals surface area contributed by atoms with E-state index in [9.17, 15) is 23.3 Å². The van der Waals surface area contributed by atoms with Crippen molar-refractivity contribution >= 4 is 38.2 Å². The van der Waals surface area contributed by atoms with Gasteiger partial charge in [-0.25, -0.2) is 17.9 Å². The minimum atomic E-state index is -3.70. The van der Waals surface area contributed by atoms with Gasteiger partial charge in [-0.05, 0) is 56.5 Å². The lowest BCUT2D eigenvalue weighted by molar-refractivity contribution is -0.119. The maximum atomic E-state index is 12.3. The van der Waals surface area contributed by atoms with E-state index in [0.717, 1.165) is 42.5 Å². The number of aryl methyl sites for hydroxylation is 1. The standard InChI is InChI=1S/C20H21N3O5S2/c1-22-30(26,27)14-7-5-6-13(10-14)20(25)28-12-18(24)23-19-16(11-21)15-8-3-2-4-9-17(15)29-19/h5-7,10,22H,2-4,8-9,12H2,1H3,(H,23,24). The number of rotatable bonds is 6. The number of hydrogen-bond donors (Lipinski definition) is 2. The van der Waals surface area contributed by atoms with Crippen LogP contribution < -0.4 is 10.0 Å². The second-order valence-corrected chi connectivity index (χ2v) is 9.73. The molecular weight excluding hydrogens is 426 g/mol. The number of esters is 1. The normalized spacial score (nSPS) is 13.6. The van der Waals surface area contributed by atoms with Crippen molar-refractivity contribution in [1.29, 1.82) is 5.26 Å². The molecular formula is C20H21N3O5S2. The number of hydrogen-bond acceptors (Lipinski definition) is 7. The number of nitrogens with zero attached hydrogens (tertiary/aromatic N) is 1. The summed E-state index contributed by atoms with van der Waals surface area (Å²) in [6.07, 6.45) is 4.93. The summed E-state index contributed by atoms with van der Waals surface area (Å²) in [6.45, 7) is -0.546. The molecule has 0 unspecified atom stereocenters. The highest BCUT2D eigenvalue weighted by Gasteiger charge is 2.22. The highest BCUT2D eigenvalue weighted by Crippen LogP contribution is 2.36. The van der Waals surface area contributed by atoms with Crippen molar-refractivity contribution in [3.63, 3.8) is 0 Å². The number of carbonyl (C=O) groups is 2. The van der Waals surface area contributed by atoms with Crippen molar-refractivity contribution < 1.29 is 22.7 Å². The van der Waals surface area contributed by atoms with Crippen molar-refractivity contribution in [1.82, 2.24) is 4.72 Å². The van der Waals surface area contributed by atoms with Crippen LogP contribution in [0.1, 0.15) is 45.6 Å². The molecule has 0 spiro atoms. The van der Waals surface area contributed by atoms with Crippen molar-refractivity contribution in [3.8, 4) is 6.07 Å². The Morgan fingerprint density at radius 3 is 2.73 bits per heavy atom. The van der Waals surface area contributed by atoms with Gasteiger partial charge in [0, 0.05) is 4.88 Å². The zero-order valence-electron chi connectivity index (χ0n) is 16.4. The van der Waals surface area contributed by atoms with Crippen molar-refractivity contribution in [2.75, 3.05) is 19.0 Å². The van der Waals surface area contributed by atoms with Crippen molar-refractivity contribution in [2.24, 2.45) is 0 Å². The fraction of sp³-hybridized carbons (Fsp3) is 0.350. The molecule has 0 saturated heterocycles. The van der Waals surface area contributed by atoms with Crippen LogP contribution in [0, 0.1) is 11.3 Å². The van der Waals surface area contributed by atoms with Crippen molar-refractivity contribution in [3.05, 3.63) is 45.8 Å². The van der Waals surface area contributed by atoms with Crippen LogP contribution in [0.2, 0.25) is 0 Å². The summed E-state index contributed by atoms with van der Waals surface area (Å²) in [5.74, 6) is -1.38. The van der Waals surface area contributed by atoms with Gasteiger partial charge in [0.25, 0.3) is 5.91 Å². The third-order valence-corrected chi connectivity index (χ3v) is 7.39. The number of amides is 1. The lowest BCUT2D eigenvalue weighted by Crippen LogP contribution is -2.21. The predicted octanol–water partition coefficient (Wildman–Crippen LogP) is 2.59. The Kier molecular flexibility index (Phi) is 6.87. The Hall–Kier alpha value is -2.74. The summed E-state index contributed by atoms with van der Waals surface area (Å²) in [5.41, 5.74) is 1.51. The molecule has 1 aliphatic rings. The molecule has 1 amide bonds. The van der Waals surface area contributed by atoms with E-state index in [4.69, 9.17) is 4.74 Å². The van der Waals surface area contributed by atoms with Crippen LogP contribution in [0.3, 0.4) is 0 Å². The zero-order chi connectivity index (χ0) is 21.7. The SMILES string of the molecule is CNS(=O)(=O)c1cccc(C(=O)OCC(=O)Nc2sc3c(c2C#N)CCCCC3)c1. The summed E-state index contributed by atoms with van der Waals surface area (Å²) in [5, 5.41) is 12.7. The highest BCUT2D eigenvalue weighted by atomic mass is 32.2. The number of sulfonamides is 1. The van der Waals surface area contributed by atoms with Gasteiger partial charge in [-0.15, -0.1) is 11.3 Å². The number of carbonyl (C=O) groups excluding carboxylic acids is 2. The molecule has 0 atom stereocenters. The first kappa shape index (κ1) is 22.0. The third-order valence-electron chi connectivity index (χ3n) is 4.77. The van der Waals surface area contributed by atoms with Gasteiger partial charge in [-0.2, -0.15) is 5.26 Å². The summed E-state index contributed by atoms with van der Waals surface area (Å²) < 4.78 is 30.9. The molecule has 1 aromatic carbocycles. The Balaban J connectivity index is 1.65. The molecule has 1 aromatic heterocycles. The Bertz CT molecular complexity index is 1120. The number of ether oxygens (including phenoxy) is 1. The number of fused-ring (bicyclic) bond motifs is 1. The minimum absolute atomic E-state index is 0.0136. The molecule has 10 heteroatoms. The van der Waals surface area contributed by atoms with Crippen LogP contribution in [0.5, 0.6) is 0 Å². The van der Waals surface area contributed by atoms with Gasteiger partial charge in [0.05, 0.1) is 16.0 Å². The van der Waals surface area contributed by atoms with Gasteiger partial charge >= 0.3 is 5.97 Å². The van der Waals surface area contributed by atoms with Gasteiger partial charge in [-0.1, -0.05) is 12.5 Å². The summed E-state index contributed by atoms with van der Waals surface area (Å²) >= 11 is 1.40. The van der Waals surface area contributed by atoms with Gasteiger partial charge < -0.3 is 10.1 Å². The number of thiophene rings is 1. The van der Waals surface area contributed by atoms with Crippen LogP contribution in [-0.2, 0) is 32.4 Å². The molecule has 0 fully saturated rings. The molecule has 0 bridgehead atoms. The second-order valence-electron chi connectivity index (χ2n) is 6.74. The Morgan fingerprint density at radius 2 is 2.00 bits per heavy atom. The topological polar surface area (TPSA) is 125 Å². The molecule has 0 radical (unpaired) electrons. The molecule has 3 rings (SSSR count). The van der Waals surface area contributed by atoms with Crippen LogP contribution in [0.15, 0.2) is 29.2 Å². The van der Waals surface area contributed by atoms with Gasteiger partial charge in [-0.3, -0.25) is 4.79 Å². The molecule has 2 N–H and O–H groups in total. The zero-order valence-corrected chi connectivity index (χ0v) is 18.0. The maximum absolute atomic E-state index is 12.3. The average Bonchev–Trinajstić information content (AvgIpc) is 2.90. The predicted molar refractivity (Wildman–Crippen MR) is 112 cm³/mol.